The number of halogens is 3. The number of anilines is 2. The average molecular weight is 629 g/mol. The van der Waals surface area contributed by atoms with Gasteiger partial charge in [0.05, 0.1) is 28.2 Å². The van der Waals surface area contributed by atoms with Crippen molar-refractivity contribution in [3.05, 3.63) is 80.4 Å². The number of alkyl halides is 2. The molecule has 1 amide bonds. The minimum absolute atomic E-state index is 0.0216. The van der Waals surface area contributed by atoms with Gasteiger partial charge < -0.3 is 10.2 Å². The molecule has 10 nitrogen and oxygen atoms in total. The number of fused-ring (bicyclic) bond motifs is 1. The van der Waals surface area contributed by atoms with Crippen LogP contribution in [0.4, 0.5) is 20.4 Å². The Morgan fingerprint density at radius 2 is 1.84 bits per heavy atom. The lowest BCUT2D eigenvalue weighted by Gasteiger charge is -2.33. The maximum atomic E-state index is 13.6. The maximum Gasteiger partial charge on any atom is 0.281 e. The zero-order valence-electron chi connectivity index (χ0n) is 24.1. The second kappa shape index (κ2) is 12.8. The molecule has 1 aliphatic heterocycles. The number of nitrogens with one attached hydrogen (secondary N) is 2. The molecule has 0 radical (unpaired) electrons. The second-order valence-electron chi connectivity index (χ2n) is 10.5. The summed E-state index contributed by atoms with van der Waals surface area (Å²) in [5.41, 5.74) is 2.54. The van der Waals surface area contributed by atoms with E-state index in [9.17, 15) is 18.4 Å². The van der Waals surface area contributed by atoms with Crippen LogP contribution in [-0.2, 0) is 7.05 Å². The zero-order chi connectivity index (χ0) is 30.8. The predicted molar refractivity (Wildman–Crippen MR) is 165 cm³/mol. The third-order valence-electron chi connectivity index (χ3n) is 7.53. The normalized spacial score (nSPS) is 14.7. The Morgan fingerprint density at radius 1 is 1.14 bits per heavy atom. The van der Waals surface area contributed by atoms with Crippen molar-refractivity contribution < 1.29 is 13.6 Å². The molecular formula is C29H31ClF2N8O2S. The van der Waals surface area contributed by atoms with E-state index in [1.54, 1.807) is 30.0 Å². The quantitative estimate of drug-likeness (QED) is 0.190. The van der Waals surface area contributed by atoms with Gasteiger partial charge in [-0.1, -0.05) is 29.6 Å². The van der Waals surface area contributed by atoms with Crippen LogP contribution < -0.4 is 20.5 Å². The number of hydrogen-bond acceptors (Lipinski definition) is 9. The lowest BCUT2D eigenvalue weighted by atomic mass is 9.96. The molecule has 2 N–H and O–H groups in total. The van der Waals surface area contributed by atoms with Crippen molar-refractivity contribution in [3.63, 3.8) is 0 Å². The van der Waals surface area contributed by atoms with E-state index in [1.807, 2.05) is 26.0 Å². The zero-order valence-corrected chi connectivity index (χ0v) is 25.6. The Kier molecular flexibility index (Phi) is 9.11. The topological polar surface area (TPSA) is 118 Å². The van der Waals surface area contributed by atoms with Gasteiger partial charge in [0.15, 0.2) is 5.69 Å². The van der Waals surface area contributed by atoms with E-state index in [1.165, 1.54) is 12.4 Å². The van der Waals surface area contributed by atoms with Crippen LogP contribution in [0.5, 0.6) is 0 Å². The van der Waals surface area contributed by atoms with Crippen molar-refractivity contribution in [1.82, 2.24) is 29.2 Å². The van der Waals surface area contributed by atoms with Gasteiger partial charge in [0.25, 0.3) is 17.9 Å². The van der Waals surface area contributed by atoms with Gasteiger partial charge >= 0.3 is 0 Å². The molecule has 4 heterocycles. The molecule has 1 aliphatic rings. The first-order valence-electron chi connectivity index (χ1n) is 13.7. The van der Waals surface area contributed by atoms with Gasteiger partial charge in [-0.05, 0) is 50.5 Å². The van der Waals surface area contributed by atoms with E-state index in [-0.39, 0.29) is 39.8 Å². The van der Waals surface area contributed by atoms with E-state index < -0.39 is 6.43 Å². The van der Waals surface area contributed by atoms with E-state index in [0.717, 1.165) is 23.1 Å². The summed E-state index contributed by atoms with van der Waals surface area (Å²) in [4.78, 5) is 45.9. The van der Waals surface area contributed by atoms with Gasteiger partial charge in [0.2, 0.25) is 5.95 Å². The predicted octanol–water partition coefficient (Wildman–Crippen LogP) is 5.58. The summed E-state index contributed by atoms with van der Waals surface area (Å²) in [5.74, 6) is 0.722. The summed E-state index contributed by atoms with van der Waals surface area (Å²) in [6.07, 6.45) is 2.88. The lowest BCUT2D eigenvalue weighted by molar-refractivity contribution is 0.0980. The molecule has 1 saturated heterocycles. The molecule has 1 unspecified atom stereocenters. The van der Waals surface area contributed by atoms with Crippen LogP contribution in [0.2, 0.25) is 5.15 Å². The van der Waals surface area contributed by atoms with Crippen molar-refractivity contribution in [2.24, 2.45) is 7.05 Å². The fraction of sp³-hybridized carbons (Fsp3) is 0.379. The molecule has 5 rings (SSSR count). The van der Waals surface area contributed by atoms with Crippen LogP contribution >= 0.6 is 23.5 Å². The third kappa shape index (κ3) is 6.42. The molecule has 43 heavy (non-hydrogen) atoms. The summed E-state index contributed by atoms with van der Waals surface area (Å²) in [6.45, 7) is 5.04. The summed E-state index contributed by atoms with van der Waals surface area (Å²) < 4.78 is 30.1. The van der Waals surface area contributed by atoms with E-state index in [2.05, 4.69) is 29.9 Å². The number of benzene rings is 1. The highest BCUT2D eigenvalue weighted by molar-refractivity contribution is 7.97. The molecule has 0 aliphatic carbocycles. The highest BCUT2D eigenvalue weighted by Gasteiger charge is 2.27. The lowest BCUT2D eigenvalue weighted by Crippen LogP contribution is -2.38. The van der Waals surface area contributed by atoms with Crippen molar-refractivity contribution in [2.75, 3.05) is 29.6 Å². The fourth-order valence-electron chi connectivity index (χ4n) is 5.34. The number of nitrogens with zero attached hydrogens (tertiary/aromatic N) is 6. The van der Waals surface area contributed by atoms with Crippen LogP contribution in [0.25, 0.3) is 10.9 Å². The van der Waals surface area contributed by atoms with Crippen LogP contribution in [0.1, 0.15) is 71.2 Å². The standard InChI is InChI=1S/C29H31ClF2N8O2S/c1-15-11-19(16(2)35-21-5-6-22(30)36-24(21)27(41)38-43-4)23-20(12-15)28(42)39(3)29(37-23)40-9-7-17(8-10-40)26-33-13-18(14-34-26)25(31)32/h5-6,11-14,16-17,25,35H,7-10H2,1-4H3,(H,38,41). The first-order valence-corrected chi connectivity index (χ1v) is 15.3. The van der Waals surface area contributed by atoms with E-state index in [0.29, 0.717) is 54.3 Å². The van der Waals surface area contributed by atoms with Crippen LogP contribution in [0.15, 0.2) is 41.5 Å². The Balaban J connectivity index is 1.45. The molecule has 1 aromatic carbocycles. The van der Waals surface area contributed by atoms with E-state index in [4.69, 9.17) is 16.6 Å². The first-order chi connectivity index (χ1) is 20.6. The Morgan fingerprint density at radius 3 is 2.49 bits per heavy atom. The van der Waals surface area contributed by atoms with Gasteiger partial charge in [-0.2, -0.15) is 0 Å². The Labute approximate surface area is 256 Å². The Hall–Kier alpha value is -3.84. The molecule has 226 valence electrons. The van der Waals surface area contributed by atoms with Crippen molar-refractivity contribution >= 4 is 52.0 Å². The highest BCUT2D eigenvalue weighted by Crippen LogP contribution is 2.32. The molecule has 14 heteroatoms. The maximum absolute atomic E-state index is 13.6. The SMILES string of the molecule is CSNC(=O)c1nc(Cl)ccc1NC(C)c1cc(C)cc2c(=O)n(C)c(N3CCC(c4ncc(C(F)F)cn4)CC3)nc12. The Bertz CT molecular complexity index is 1710. The molecule has 0 saturated carbocycles. The van der Waals surface area contributed by atoms with Crippen molar-refractivity contribution in [2.45, 2.75) is 45.1 Å². The second-order valence-corrected chi connectivity index (χ2v) is 11.5. The van der Waals surface area contributed by atoms with Crippen LogP contribution in [0.3, 0.4) is 0 Å². The number of amides is 1. The average Bonchev–Trinajstić information content (AvgIpc) is 3.00. The summed E-state index contributed by atoms with van der Waals surface area (Å²) in [6, 6.07) is 6.77. The highest BCUT2D eigenvalue weighted by atomic mass is 35.5. The summed E-state index contributed by atoms with van der Waals surface area (Å²) >= 11 is 7.25. The number of rotatable bonds is 8. The molecule has 1 fully saturated rings. The van der Waals surface area contributed by atoms with Crippen LogP contribution in [-0.4, -0.2) is 49.8 Å². The van der Waals surface area contributed by atoms with Gasteiger partial charge in [-0.15, -0.1) is 0 Å². The molecule has 1 atom stereocenters. The minimum atomic E-state index is -2.60. The van der Waals surface area contributed by atoms with Gasteiger partial charge in [0.1, 0.15) is 11.0 Å². The smallest absolute Gasteiger partial charge is 0.281 e. The van der Waals surface area contributed by atoms with Gasteiger partial charge in [0, 0.05) is 50.3 Å². The van der Waals surface area contributed by atoms with E-state index >= 15 is 0 Å². The van der Waals surface area contributed by atoms with Gasteiger partial charge in [-0.3, -0.25) is 18.9 Å². The molecule has 0 bridgehead atoms. The first kappa shape index (κ1) is 30.6. The number of piperidine rings is 1. The summed E-state index contributed by atoms with van der Waals surface area (Å²) in [7, 11) is 1.71. The number of aromatic nitrogens is 5. The monoisotopic (exact) mass is 628 g/mol. The van der Waals surface area contributed by atoms with Crippen molar-refractivity contribution in [1.29, 1.82) is 0 Å². The molecular weight excluding hydrogens is 598 g/mol. The van der Waals surface area contributed by atoms with Gasteiger partial charge in [-0.25, -0.2) is 28.7 Å². The number of aryl methyl sites for hydroxylation is 1. The largest absolute Gasteiger partial charge is 0.377 e. The molecule has 3 aromatic heterocycles. The number of carbonyl (C=O) groups is 1. The molecule has 4 aromatic rings. The van der Waals surface area contributed by atoms with Crippen LogP contribution in [0, 0.1) is 6.92 Å². The third-order valence-corrected chi connectivity index (χ3v) is 8.13. The summed E-state index contributed by atoms with van der Waals surface area (Å²) in [5, 5.41) is 4.05. The minimum Gasteiger partial charge on any atom is -0.377 e. The number of pyridine rings is 1. The number of hydrogen-bond donors (Lipinski definition) is 2. The fourth-order valence-corrected chi connectivity index (χ4v) is 5.77. The number of carbonyl (C=O) groups excluding carboxylic acids is 1. The van der Waals surface area contributed by atoms with Crippen molar-refractivity contribution in [3.8, 4) is 0 Å². The molecule has 0 spiro atoms.